The largest absolute Gasteiger partial charge is 0.482 e. The Kier molecular flexibility index (Phi) is 3.44. The molecule has 19 heavy (non-hydrogen) atoms. The van der Waals surface area contributed by atoms with Gasteiger partial charge in [-0.2, -0.15) is 4.80 Å². The van der Waals surface area contributed by atoms with Gasteiger partial charge in [0.25, 0.3) is 0 Å². The lowest BCUT2D eigenvalue weighted by Gasteiger charge is -2.06. The Labute approximate surface area is 108 Å². The lowest BCUT2D eigenvalue weighted by molar-refractivity contribution is 0.280. The Morgan fingerprint density at radius 1 is 1.47 bits per heavy atom. The van der Waals surface area contributed by atoms with Gasteiger partial charge >= 0.3 is 0 Å². The first-order chi connectivity index (χ1) is 8.86. The van der Waals surface area contributed by atoms with E-state index >= 15 is 0 Å². The number of tetrazole rings is 1. The van der Waals surface area contributed by atoms with Crippen LogP contribution in [0.4, 0.5) is 4.39 Å². The Balaban J connectivity index is 2.14. The molecular weight excluding hydrogens is 277 g/mol. The van der Waals surface area contributed by atoms with Gasteiger partial charge in [-0.05, 0) is 23.4 Å². The summed E-state index contributed by atoms with van der Waals surface area (Å²) in [6.07, 6.45) is 0. The van der Waals surface area contributed by atoms with Crippen molar-refractivity contribution in [2.45, 2.75) is 11.5 Å². The third-order valence-electron chi connectivity index (χ3n) is 2.14. The Bertz CT molecular complexity index is 700. The molecule has 0 atom stereocenters. The van der Waals surface area contributed by atoms with Gasteiger partial charge in [-0.1, -0.05) is 0 Å². The van der Waals surface area contributed by atoms with Crippen LogP contribution in [0.15, 0.2) is 23.1 Å². The van der Waals surface area contributed by atoms with Crippen LogP contribution in [0.1, 0.15) is 5.82 Å². The summed E-state index contributed by atoms with van der Waals surface area (Å²) in [5, 5.41) is 16.0. The van der Waals surface area contributed by atoms with Crippen molar-refractivity contribution < 1.29 is 17.5 Å². The number of hydrogen-bond acceptors (Lipinski definition) is 6. The number of nitrogens with zero attached hydrogens (tertiary/aromatic N) is 4. The molecule has 10 heteroatoms. The zero-order valence-corrected chi connectivity index (χ0v) is 10.6. The highest BCUT2D eigenvalue weighted by molar-refractivity contribution is 7.89. The number of ether oxygens (including phenoxy) is 1. The van der Waals surface area contributed by atoms with E-state index in [1.807, 2.05) is 0 Å². The van der Waals surface area contributed by atoms with Gasteiger partial charge in [0, 0.05) is 0 Å². The van der Waals surface area contributed by atoms with Crippen LogP contribution in [0.2, 0.25) is 0 Å². The molecule has 0 aliphatic carbocycles. The van der Waals surface area contributed by atoms with Gasteiger partial charge < -0.3 is 4.74 Å². The zero-order valence-electron chi connectivity index (χ0n) is 9.82. The summed E-state index contributed by atoms with van der Waals surface area (Å²) in [6, 6.07) is 3.11. The summed E-state index contributed by atoms with van der Waals surface area (Å²) in [4.78, 5) is 0.911. The van der Waals surface area contributed by atoms with E-state index in [4.69, 9.17) is 9.88 Å². The van der Waals surface area contributed by atoms with Crippen molar-refractivity contribution in [1.29, 1.82) is 0 Å². The molecule has 0 fully saturated rings. The molecule has 0 saturated carbocycles. The third kappa shape index (κ3) is 3.23. The van der Waals surface area contributed by atoms with Crippen molar-refractivity contribution in [3.05, 3.63) is 29.8 Å². The molecule has 0 spiro atoms. The Morgan fingerprint density at radius 3 is 2.74 bits per heavy atom. The number of hydrogen-bond donors (Lipinski definition) is 1. The summed E-state index contributed by atoms with van der Waals surface area (Å²) >= 11 is 0. The van der Waals surface area contributed by atoms with Crippen LogP contribution >= 0.6 is 0 Å². The molecule has 0 unspecified atom stereocenters. The summed E-state index contributed by atoms with van der Waals surface area (Å²) in [5.41, 5.74) is 0. The number of primary sulfonamides is 1. The highest BCUT2D eigenvalue weighted by Gasteiger charge is 2.13. The number of benzene rings is 1. The highest BCUT2D eigenvalue weighted by Crippen LogP contribution is 2.20. The maximum Gasteiger partial charge on any atom is 0.238 e. The molecule has 0 bridgehead atoms. The van der Waals surface area contributed by atoms with Crippen LogP contribution in [0, 0.1) is 5.82 Å². The molecule has 102 valence electrons. The van der Waals surface area contributed by atoms with Gasteiger partial charge in [0.2, 0.25) is 15.8 Å². The Hall–Kier alpha value is -2.07. The summed E-state index contributed by atoms with van der Waals surface area (Å²) in [7, 11) is -2.36. The molecular formula is C9H10FN5O3S. The number of nitrogens with two attached hydrogens (primary N) is 1. The second-order valence-corrected chi connectivity index (χ2v) is 5.18. The summed E-state index contributed by atoms with van der Waals surface area (Å²) in [5.74, 6) is -0.687. The highest BCUT2D eigenvalue weighted by atomic mass is 32.2. The second-order valence-electron chi connectivity index (χ2n) is 3.62. The molecule has 2 aromatic rings. The van der Waals surface area contributed by atoms with Gasteiger partial charge in [0.1, 0.15) is 0 Å². The van der Waals surface area contributed by atoms with Crippen LogP contribution in [0.5, 0.6) is 5.75 Å². The van der Waals surface area contributed by atoms with Gasteiger partial charge in [-0.25, -0.2) is 17.9 Å². The number of aromatic nitrogens is 4. The van der Waals surface area contributed by atoms with Crippen LogP contribution in [-0.2, 0) is 23.7 Å². The van der Waals surface area contributed by atoms with E-state index in [-0.39, 0.29) is 23.1 Å². The molecule has 0 radical (unpaired) electrons. The van der Waals surface area contributed by atoms with Crippen molar-refractivity contribution in [2.75, 3.05) is 0 Å². The molecule has 0 aliphatic heterocycles. The predicted octanol–water partition coefficient (Wildman–Crippen LogP) is -0.424. The Morgan fingerprint density at radius 2 is 2.21 bits per heavy atom. The zero-order chi connectivity index (χ0) is 14.0. The minimum atomic E-state index is -3.94. The van der Waals surface area contributed by atoms with Crippen molar-refractivity contribution in [1.82, 2.24) is 20.2 Å². The van der Waals surface area contributed by atoms with Crippen molar-refractivity contribution in [2.24, 2.45) is 12.2 Å². The van der Waals surface area contributed by atoms with Crippen molar-refractivity contribution >= 4 is 10.0 Å². The molecule has 8 nitrogen and oxygen atoms in total. The molecule has 2 N–H and O–H groups in total. The van der Waals surface area contributed by atoms with Crippen LogP contribution in [-0.4, -0.2) is 28.6 Å². The van der Waals surface area contributed by atoms with Gasteiger partial charge in [-0.15, -0.1) is 10.2 Å². The fraction of sp³-hybridized carbons (Fsp3) is 0.222. The quantitative estimate of drug-likeness (QED) is 0.816. The van der Waals surface area contributed by atoms with E-state index in [0.29, 0.717) is 0 Å². The molecule has 1 aromatic heterocycles. The van der Waals surface area contributed by atoms with E-state index < -0.39 is 15.8 Å². The standard InChI is InChI=1S/C9H10FN5O3S/c1-15-13-9(12-14-15)5-18-8-3-2-6(4-7(8)10)19(11,16)17/h2-4H,5H2,1H3,(H2,11,16,17). The first-order valence-corrected chi connectivity index (χ1v) is 6.59. The number of halogens is 1. The molecule has 0 saturated heterocycles. The van der Waals surface area contributed by atoms with Gasteiger partial charge in [0.15, 0.2) is 18.2 Å². The summed E-state index contributed by atoms with van der Waals surface area (Å²) < 4.78 is 40.7. The molecule has 1 heterocycles. The van der Waals surface area contributed by atoms with E-state index in [1.165, 1.54) is 10.9 Å². The van der Waals surface area contributed by atoms with Crippen LogP contribution < -0.4 is 9.88 Å². The third-order valence-corrected chi connectivity index (χ3v) is 3.05. The molecule has 1 aromatic carbocycles. The van der Waals surface area contributed by atoms with E-state index in [1.54, 1.807) is 7.05 Å². The minimum Gasteiger partial charge on any atom is -0.482 e. The monoisotopic (exact) mass is 287 g/mol. The maximum absolute atomic E-state index is 13.6. The van der Waals surface area contributed by atoms with E-state index in [9.17, 15) is 12.8 Å². The molecule has 2 rings (SSSR count). The molecule has 0 aliphatic rings. The van der Waals surface area contributed by atoms with Gasteiger partial charge in [0.05, 0.1) is 11.9 Å². The average Bonchev–Trinajstić information content (AvgIpc) is 2.72. The first-order valence-electron chi connectivity index (χ1n) is 5.04. The fourth-order valence-corrected chi connectivity index (χ4v) is 1.82. The lowest BCUT2D eigenvalue weighted by atomic mass is 10.3. The van der Waals surface area contributed by atoms with Crippen LogP contribution in [0.25, 0.3) is 0 Å². The second kappa shape index (κ2) is 4.90. The fourth-order valence-electron chi connectivity index (χ4n) is 1.30. The molecule has 0 amide bonds. The van der Waals surface area contributed by atoms with E-state index in [2.05, 4.69) is 15.4 Å². The smallest absolute Gasteiger partial charge is 0.238 e. The van der Waals surface area contributed by atoms with Crippen LogP contribution in [0.3, 0.4) is 0 Å². The minimum absolute atomic E-state index is 0.0838. The van der Waals surface area contributed by atoms with Crippen molar-refractivity contribution in [3.8, 4) is 5.75 Å². The summed E-state index contributed by atoms with van der Waals surface area (Å²) in [6.45, 7) is -0.0838. The maximum atomic E-state index is 13.6. The first kappa shape index (κ1) is 13.4. The van der Waals surface area contributed by atoms with E-state index in [0.717, 1.165) is 12.1 Å². The number of rotatable bonds is 4. The lowest BCUT2D eigenvalue weighted by Crippen LogP contribution is -2.12. The predicted molar refractivity (Wildman–Crippen MR) is 60.9 cm³/mol. The number of aryl methyl sites for hydroxylation is 1. The SMILES string of the molecule is Cn1nnc(COc2ccc(S(N)(=O)=O)cc2F)n1. The van der Waals surface area contributed by atoms with Crippen molar-refractivity contribution in [3.63, 3.8) is 0 Å². The topological polar surface area (TPSA) is 113 Å². The van der Waals surface area contributed by atoms with Gasteiger partial charge in [-0.3, -0.25) is 0 Å². The normalized spacial score (nSPS) is 11.5. The average molecular weight is 287 g/mol. The number of sulfonamides is 1.